The third-order valence-corrected chi connectivity index (χ3v) is 4.93. The largest absolute Gasteiger partial charge is 0.354 e. The molecule has 142 valence electrons. The fraction of sp³-hybridized carbons (Fsp3) is 0.364. The monoisotopic (exact) mass is 368 g/mol. The predicted molar refractivity (Wildman–Crippen MR) is 102 cm³/mol. The lowest BCUT2D eigenvalue weighted by molar-refractivity contribution is -0.135. The molecule has 1 saturated heterocycles. The van der Waals surface area contributed by atoms with Gasteiger partial charge in [-0.15, -0.1) is 0 Å². The van der Waals surface area contributed by atoms with Gasteiger partial charge in [-0.05, 0) is 48.9 Å². The van der Waals surface area contributed by atoms with Crippen molar-refractivity contribution < 1.29 is 14.0 Å². The Morgan fingerprint density at radius 3 is 2.52 bits per heavy atom. The van der Waals surface area contributed by atoms with Gasteiger partial charge in [-0.1, -0.05) is 42.5 Å². The molecular weight excluding hydrogens is 343 g/mol. The fourth-order valence-electron chi connectivity index (χ4n) is 3.42. The Labute approximate surface area is 159 Å². The van der Waals surface area contributed by atoms with Crippen LogP contribution in [0, 0.1) is 5.82 Å². The highest BCUT2D eigenvalue weighted by Gasteiger charge is 2.35. The summed E-state index contributed by atoms with van der Waals surface area (Å²) in [5, 5.41) is 2.96. The molecule has 0 spiro atoms. The van der Waals surface area contributed by atoms with Crippen LogP contribution in [0.25, 0.3) is 0 Å². The maximum atomic E-state index is 12.9. The summed E-state index contributed by atoms with van der Waals surface area (Å²) in [5.74, 6) is -0.258. The number of hydrogen-bond donors (Lipinski definition) is 1. The quantitative estimate of drug-likeness (QED) is 0.726. The summed E-state index contributed by atoms with van der Waals surface area (Å²) in [4.78, 5) is 26.4. The van der Waals surface area contributed by atoms with Gasteiger partial charge in [0.15, 0.2) is 0 Å². The highest BCUT2D eigenvalue weighted by atomic mass is 19.1. The molecule has 2 amide bonds. The van der Waals surface area contributed by atoms with Crippen molar-refractivity contribution in [2.45, 2.75) is 44.7 Å². The van der Waals surface area contributed by atoms with Gasteiger partial charge in [0.2, 0.25) is 11.8 Å². The van der Waals surface area contributed by atoms with Crippen LogP contribution in [-0.4, -0.2) is 29.3 Å². The van der Waals surface area contributed by atoms with E-state index in [9.17, 15) is 14.0 Å². The molecule has 4 nitrogen and oxygen atoms in total. The van der Waals surface area contributed by atoms with Crippen LogP contribution in [-0.2, 0) is 22.6 Å². The van der Waals surface area contributed by atoms with Crippen LogP contribution in [0.1, 0.15) is 36.8 Å². The van der Waals surface area contributed by atoms with Crippen LogP contribution >= 0.6 is 0 Å². The Hall–Kier alpha value is -2.69. The number of nitrogens with zero attached hydrogens (tertiary/aromatic N) is 1. The van der Waals surface area contributed by atoms with E-state index in [1.807, 2.05) is 30.3 Å². The maximum absolute atomic E-state index is 12.9. The Bertz CT molecular complexity index is 762. The van der Waals surface area contributed by atoms with Crippen molar-refractivity contribution in [2.75, 3.05) is 6.54 Å². The van der Waals surface area contributed by atoms with Gasteiger partial charge in [0.1, 0.15) is 11.9 Å². The van der Waals surface area contributed by atoms with Crippen LogP contribution in [0.15, 0.2) is 54.6 Å². The minimum absolute atomic E-state index is 0.0373. The molecule has 27 heavy (non-hydrogen) atoms. The fourth-order valence-corrected chi connectivity index (χ4v) is 3.42. The SMILES string of the molecule is O=C(NCCCCc1ccc(F)cc1)C1CCC(=O)N1Cc1ccccc1. The third-order valence-electron chi connectivity index (χ3n) is 4.93. The van der Waals surface area contributed by atoms with Crippen LogP contribution < -0.4 is 5.32 Å². The molecule has 0 aromatic heterocycles. The van der Waals surface area contributed by atoms with E-state index in [0.717, 1.165) is 30.4 Å². The van der Waals surface area contributed by atoms with E-state index >= 15 is 0 Å². The molecule has 1 fully saturated rings. The smallest absolute Gasteiger partial charge is 0.242 e. The summed E-state index contributed by atoms with van der Waals surface area (Å²) in [7, 11) is 0. The van der Waals surface area contributed by atoms with E-state index < -0.39 is 0 Å². The highest BCUT2D eigenvalue weighted by molar-refractivity contribution is 5.90. The zero-order valence-electron chi connectivity index (χ0n) is 15.4. The number of hydrogen-bond acceptors (Lipinski definition) is 2. The van der Waals surface area contributed by atoms with Gasteiger partial charge in [-0.25, -0.2) is 4.39 Å². The molecular formula is C22H25FN2O2. The number of halogens is 1. The molecule has 0 saturated carbocycles. The number of carbonyl (C=O) groups excluding carboxylic acids is 2. The summed E-state index contributed by atoms with van der Waals surface area (Å²) in [5.41, 5.74) is 2.13. The van der Waals surface area contributed by atoms with E-state index in [-0.39, 0.29) is 23.7 Å². The Balaban J connectivity index is 1.42. The summed E-state index contributed by atoms with van der Waals surface area (Å²) in [6, 6.07) is 15.9. The number of benzene rings is 2. The van der Waals surface area contributed by atoms with Gasteiger partial charge >= 0.3 is 0 Å². The van der Waals surface area contributed by atoms with Gasteiger partial charge in [-0.3, -0.25) is 9.59 Å². The van der Waals surface area contributed by atoms with Crippen molar-refractivity contribution in [3.8, 4) is 0 Å². The second kappa shape index (κ2) is 9.31. The van der Waals surface area contributed by atoms with Crippen LogP contribution in [0.2, 0.25) is 0 Å². The molecule has 1 aliphatic rings. The van der Waals surface area contributed by atoms with Crippen LogP contribution in [0.4, 0.5) is 4.39 Å². The predicted octanol–water partition coefficient (Wildman–Crippen LogP) is 3.46. The number of nitrogens with one attached hydrogen (secondary N) is 1. The second-order valence-electron chi connectivity index (χ2n) is 6.94. The normalized spacial score (nSPS) is 16.6. The molecule has 1 heterocycles. The first-order chi connectivity index (χ1) is 13.1. The van der Waals surface area contributed by atoms with E-state index in [1.54, 1.807) is 17.0 Å². The molecule has 0 radical (unpaired) electrons. The summed E-state index contributed by atoms with van der Waals surface area (Å²) < 4.78 is 12.9. The average molecular weight is 368 g/mol. The Morgan fingerprint density at radius 2 is 1.78 bits per heavy atom. The number of rotatable bonds is 8. The zero-order chi connectivity index (χ0) is 19.1. The Morgan fingerprint density at radius 1 is 1.04 bits per heavy atom. The minimum atomic E-state index is -0.380. The van der Waals surface area contributed by atoms with Gasteiger partial charge in [0.05, 0.1) is 0 Å². The second-order valence-corrected chi connectivity index (χ2v) is 6.94. The summed E-state index contributed by atoms with van der Waals surface area (Å²) >= 11 is 0. The van der Waals surface area contributed by atoms with E-state index in [2.05, 4.69) is 5.32 Å². The molecule has 2 aromatic carbocycles. The number of unbranched alkanes of at least 4 members (excludes halogenated alkanes) is 1. The van der Waals surface area contributed by atoms with Gasteiger partial charge in [-0.2, -0.15) is 0 Å². The number of aryl methyl sites for hydroxylation is 1. The first-order valence-corrected chi connectivity index (χ1v) is 9.49. The zero-order valence-corrected chi connectivity index (χ0v) is 15.4. The molecule has 1 aliphatic heterocycles. The van der Waals surface area contributed by atoms with Crippen LogP contribution in [0.3, 0.4) is 0 Å². The number of amides is 2. The lowest BCUT2D eigenvalue weighted by Gasteiger charge is -2.24. The lowest BCUT2D eigenvalue weighted by Crippen LogP contribution is -2.44. The number of carbonyl (C=O) groups is 2. The van der Waals surface area contributed by atoms with Crippen LogP contribution in [0.5, 0.6) is 0 Å². The third kappa shape index (κ3) is 5.39. The van der Waals surface area contributed by atoms with Crippen molar-refractivity contribution in [1.82, 2.24) is 10.2 Å². The maximum Gasteiger partial charge on any atom is 0.242 e. The molecule has 3 rings (SSSR count). The average Bonchev–Trinajstić information content (AvgIpc) is 3.04. The molecule has 0 bridgehead atoms. The molecule has 1 unspecified atom stereocenters. The van der Waals surface area contributed by atoms with Crippen molar-refractivity contribution in [3.63, 3.8) is 0 Å². The lowest BCUT2D eigenvalue weighted by atomic mass is 10.1. The summed E-state index contributed by atoms with van der Waals surface area (Å²) in [6.45, 7) is 1.06. The first kappa shape index (κ1) is 19.1. The molecule has 5 heteroatoms. The standard InChI is InChI=1S/C22H25FN2O2/c23-19-11-9-17(10-12-19)6-4-5-15-24-22(27)20-13-14-21(26)25(20)16-18-7-2-1-3-8-18/h1-3,7-12,20H,4-6,13-16H2,(H,24,27). The van der Waals surface area contributed by atoms with Gasteiger partial charge < -0.3 is 10.2 Å². The van der Waals surface area contributed by atoms with E-state index in [4.69, 9.17) is 0 Å². The Kier molecular flexibility index (Phi) is 6.58. The minimum Gasteiger partial charge on any atom is -0.354 e. The van der Waals surface area contributed by atoms with Crippen molar-refractivity contribution in [2.24, 2.45) is 0 Å². The highest BCUT2D eigenvalue weighted by Crippen LogP contribution is 2.21. The molecule has 1 atom stereocenters. The molecule has 0 aliphatic carbocycles. The molecule has 1 N–H and O–H groups in total. The number of likely N-dealkylation sites (tertiary alicyclic amines) is 1. The van der Waals surface area contributed by atoms with Crippen molar-refractivity contribution in [3.05, 3.63) is 71.5 Å². The van der Waals surface area contributed by atoms with Crippen molar-refractivity contribution >= 4 is 11.8 Å². The van der Waals surface area contributed by atoms with Gasteiger partial charge in [0, 0.05) is 19.5 Å². The first-order valence-electron chi connectivity index (χ1n) is 9.49. The van der Waals surface area contributed by atoms with Gasteiger partial charge in [0.25, 0.3) is 0 Å². The van der Waals surface area contributed by atoms with E-state index in [0.29, 0.717) is 25.9 Å². The van der Waals surface area contributed by atoms with Crippen molar-refractivity contribution in [1.29, 1.82) is 0 Å². The summed E-state index contributed by atoms with van der Waals surface area (Å²) in [6.07, 6.45) is 3.63. The topological polar surface area (TPSA) is 49.4 Å². The van der Waals surface area contributed by atoms with E-state index in [1.165, 1.54) is 12.1 Å². The molecule has 2 aromatic rings.